The van der Waals surface area contributed by atoms with Gasteiger partial charge in [-0.25, -0.2) is 9.97 Å². The van der Waals surface area contributed by atoms with Crippen LogP contribution in [-0.2, 0) is 6.18 Å². The van der Waals surface area contributed by atoms with Gasteiger partial charge in [0.25, 0.3) is 0 Å². The van der Waals surface area contributed by atoms with Crippen molar-refractivity contribution >= 4 is 33.3 Å². The van der Waals surface area contributed by atoms with Gasteiger partial charge in [0.05, 0.1) is 5.56 Å². The number of nitrogens with zero attached hydrogens (tertiary/aromatic N) is 2. The summed E-state index contributed by atoms with van der Waals surface area (Å²) in [6.45, 7) is 1.68. The maximum absolute atomic E-state index is 12.8. The normalized spacial score (nSPS) is 11.4. The quantitative estimate of drug-likeness (QED) is 0.865. The largest absolute Gasteiger partial charge is 0.417 e. The number of halogens is 4. The summed E-state index contributed by atoms with van der Waals surface area (Å²) in [7, 11) is 0. The predicted octanol–water partition coefficient (Wildman–Crippen LogP) is 3.89. The lowest BCUT2D eigenvalue weighted by molar-refractivity contribution is -0.138. The van der Waals surface area contributed by atoms with E-state index in [4.69, 9.17) is 5.73 Å². The fourth-order valence-corrected chi connectivity index (χ4v) is 2.02. The second-order valence-electron chi connectivity index (χ2n) is 4.05. The van der Waals surface area contributed by atoms with Gasteiger partial charge >= 0.3 is 6.18 Å². The third-order valence-corrected chi connectivity index (χ3v) is 3.35. The molecule has 1 heterocycles. The van der Waals surface area contributed by atoms with E-state index >= 15 is 0 Å². The van der Waals surface area contributed by atoms with E-state index in [1.807, 2.05) is 0 Å². The first-order valence-corrected chi connectivity index (χ1v) is 6.29. The fourth-order valence-electron chi connectivity index (χ4n) is 1.55. The van der Waals surface area contributed by atoms with E-state index in [-0.39, 0.29) is 16.0 Å². The minimum absolute atomic E-state index is 0.0190. The summed E-state index contributed by atoms with van der Waals surface area (Å²) in [5.74, 6) is 0.642. The summed E-state index contributed by atoms with van der Waals surface area (Å²) in [4.78, 5) is 7.74. The zero-order chi connectivity index (χ0) is 14.9. The van der Waals surface area contributed by atoms with E-state index in [1.165, 1.54) is 18.5 Å². The molecule has 2 aromatic rings. The molecule has 1 aromatic heterocycles. The standard InChI is InChI=1S/C12H10BrF3N4/c1-6-10(17)18-5-19-11(6)20-7-2-3-9(13)8(4-7)12(14,15)16/h2-5H,1H3,(H3,17,18,19,20). The summed E-state index contributed by atoms with van der Waals surface area (Å²) in [6.07, 6.45) is -3.19. The number of nitrogens with two attached hydrogens (primary N) is 1. The average Bonchev–Trinajstić information content (AvgIpc) is 2.36. The number of rotatable bonds is 2. The van der Waals surface area contributed by atoms with Crippen LogP contribution in [0.2, 0.25) is 0 Å². The van der Waals surface area contributed by atoms with Gasteiger partial charge in [-0.15, -0.1) is 0 Å². The lowest BCUT2D eigenvalue weighted by Crippen LogP contribution is -2.07. The number of aromatic nitrogens is 2. The van der Waals surface area contributed by atoms with Gasteiger partial charge in [0.15, 0.2) is 0 Å². The Bertz CT molecular complexity index is 643. The number of hydrogen-bond donors (Lipinski definition) is 2. The molecule has 0 atom stereocenters. The first-order chi connectivity index (χ1) is 9.29. The van der Waals surface area contributed by atoms with Gasteiger partial charge in [-0.2, -0.15) is 13.2 Å². The molecular formula is C12H10BrF3N4. The summed E-state index contributed by atoms with van der Waals surface area (Å²) in [5, 5.41) is 2.80. The molecule has 0 saturated carbocycles. The van der Waals surface area contributed by atoms with Crippen LogP contribution in [0.3, 0.4) is 0 Å². The summed E-state index contributed by atoms with van der Waals surface area (Å²) in [6, 6.07) is 3.84. The van der Waals surface area contributed by atoms with Gasteiger partial charge < -0.3 is 11.1 Å². The number of nitrogen functional groups attached to an aromatic ring is 1. The van der Waals surface area contributed by atoms with Crippen LogP contribution in [0.1, 0.15) is 11.1 Å². The molecule has 0 aliphatic rings. The summed E-state index contributed by atoms with van der Waals surface area (Å²) >= 11 is 2.88. The Morgan fingerprint density at radius 1 is 1.25 bits per heavy atom. The van der Waals surface area contributed by atoms with E-state index in [0.29, 0.717) is 11.4 Å². The van der Waals surface area contributed by atoms with Gasteiger partial charge in [-0.05, 0) is 25.1 Å². The van der Waals surface area contributed by atoms with Crippen molar-refractivity contribution in [2.75, 3.05) is 11.1 Å². The van der Waals surface area contributed by atoms with Crippen LogP contribution >= 0.6 is 15.9 Å². The second-order valence-corrected chi connectivity index (χ2v) is 4.90. The molecule has 0 amide bonds. The van der Waals surface area contributed by atoms with Gasteiger partial charge in [-0.3, -0.25) is 0 Å². The molecule has 0 radical (unpaired) electrons. The molecule has 0 spiro atoms. The van der Waals surface area contributed by atoms with Crippen LogP contribution in [0.15, 0.2) is 29.0 Å². The highest BCUT2D eigenvalue weighted by atomic mass is 79.9. The molecule has 0 bridgehead atoms. The molecule has 1 aromatic carbocycles. The van der Waals surface area contributed by atoms with Crippen LogP contribution in [0.25, 0.3) is 0 Å². The topological polar surface area (TPSA) is 63.8 Å². The SMILES string of the molecule is Cc1c(N)ncnc1Nc1ccc(Br)c(C(F)(F)F)c1. The fraction of sp³-hybridized carbons (Fsp3) is 0.167. The molecule has 0 aliphatic heterocycles. The van der Waals surface area contributed by atoms with Gasteiger partial charge in [0.2, 0.25) is 0 Å². The number of hydrogen-bond acceptors (Lipinski definition) is 4. The van der Waals surface area contributed by atoms with Crippen LogP contribution in [0.5, 0.6) is 0 Å². The van der Waals surface area contributed by atoms with Crippen molar-refractivity contribution in [3.8, 4) is 0 Å². The molecule has 0 aliphatic carbocycles. The Balaban J connectivity index is 2.38. The maximum atomic E-state index is 12.8. The molecule has 3 N–H and O–H groups in total. The minimum atomic E-state index is -4.43. The van der Waals surface area contributed by atoms with Crippen molar-refractivity contribution in [1.82, 2.24) is 9.97 Å². The zero-order valence-corrected chi connectivity index (χ0v) is 11.9. The van der Waals surface area contributed by atoms with E-state index < -0.39 is 11.7 Å². The molecular weight excluding hydrogens is 337 g/mol. The van der Waals surface area contributed by atoms with E-state index in [9.17, 15) is 13.2 Å². The lowest BCUT2D eigenvalue weighted by Gasteiger charge is -2.13. The van der Waals surface area contributed by atoms with Crippen LogP contribution in [0.4, 0.5) is 30.5 Å². The van der Waals surface area contributed by atoms with Crippen molar-refractivity contribution in [1.29, 1.82) is 0 Å². The van der Waals surface area contributed by atoms with Crippen LogP contribution in [0, 0.1) is 6.92 Å². The predicted molar refractivity (Wildman–Crippen MR) is 73.6 cm³/mol. The third-order valence-electron chi connectivity index (χ3n) is 2.66. The Labute approximate surface area is 121 Å². The first-order valence-electron chi connectivity index (χ1n) is 5.50. The van der Waals surface area contributed by atoms with Gasteiger partial charge in [0, 0.05) is 15.7 Å². The monoisotopic (exact) mass is 346 g/mol. The molecule has 8 heteroatoms. The van der Waals surface area contributed by atoms with Gasteiger partial charge in [-0.1, -0.05) is 15.9 Å². The molecule has 2 rings (SSSR count). The molecule has 0 fully saturated rings. The highest BCUT2D eigenvalue weighted by Gasteiger charge is 2.33. The minimum Gasteiger partial charge on any atom is -0.383 e. The number of anilines is 3. The molecule has 0 unspecified atom stereocenters. The van der Waals surface area contributed by atoms with Crippen molar-refractivity contribution in [2.24, 2.45) is 0 Å². The van der Waals surface area contributed by atoms with Crippen molar-refractivity contribution < 1.29 is 13.2 Å². The maximum Gasteiger partial charge on any atom is 0.417 e. The smallest absolute Gasteiger partial charge is 0.383 e. The van der Waals surface area contributed by atoms with Gasteiger partial charge in [0.1, 0.15) is 18.0 Å². The number of benzene rings is 1. The van der Waals surface area contributed by atoms with Crippen LogP contribution in [-0.4, -0.2) is 9.97 Å². The summed E-state index contributed by atoms with van der Waals surface area (Å²) < 4.78 is 38.4. The Morgan fingerprint density at radius 3 is 2.60 bits per heavy atom. The Morgan fingerprint density at radius 2 is 1.95 bits per heavy atom. The third kappa shape index (κ3) is 3.01. The van der Waals surface area contributed by atoms with E-state index in [1.54, 1.807) is 6.92 Å². The van der Waals surface area contributed by atoms with E-state index in [2.05, 4.69) is 31.2 Å². The van der Waals surface area contributed by atoms with Crippen molar-refractivity contribution in [3.05, 3.63) is 40.1 Å². The molecule has 4 nitrogen and oxygen atoms in total. The van der Waals surface area contributed by atoms with Crippen LogP contribution < -0.4 is 11.1 Å². The number of alkyl halides is 3. The average molecular weight is 347 g/mol. The molecule has 0 saturated heterocycles. The Kier molecular flexibility index (Phi) is 3.85. The highest BCUT2D eigenvalue weighted by molar-refractivity contribution is 9.10. The Hall–Kier alpha value is -1.83. The van der Waals surface area contributed by atoms with Crippen molar-refractivity contribution in [2.45, 2.75) is 13.1 Å². The van der Waals surface area contributed by atoms with Crippen molar-refractivity contribution in [3.63, 3.8) is 0 Å². The first kappa shape index (κ1) is 14.6. The zero-order valence-electron chi connectivity index (χ0n) is 10.3. The van der Waals surface area contributed by atoms with E-state index in [0.717, 1.165) is 6.07 Å². The highest BCUT2D eigenvalue weighted by Crippen LogP contribution is 2.37. The second kappa shape index (κ2) is 5.28. The summed E-state index contributed by atoms with van der Waals surface area (Å²) in [5.41, 5.74) is 5.70. The molecule has 20 heavy (non-hydrogen) atoms. The lowest BCUT2D eigenvalue weighted by atomic mass is 10.2. The molecule has 106 valence electrons. The number of nitrogens with one attached hydrogen (secondary N) is 1.